The van der Waals surface area contributed by atoms with E-state index < -0.39 is 5.41 Å². The number of aromatic nitrogens is 1. The van der Waals surface area contributed by atoms with Crippen LogP contribution in [0, 0.1) is 34.5 Å². The van der Waals surface area contributed by atoms with Crippen LogP contribution in [0.4, 0.5) is 0 Å². The molecular formula is C40H45N2O+. The lowest BCUT2D eigenvalue weighted by Gasteiger charge is -2.29. The molecule has 1 aliphatic heterocycles. The molecule has 220 valence electrons. The zero-order valence-electron chi connectivity index (χ0n) is 27.6. The zero-order chi connectivity index (χ0) is 31.1. The van der Waals surface area contributed by atoms with Crippen molar-refractivity contribution in [1.29, 1.82) is 5.26 Å². The molecule has 0 amide bonds. The molecule has 4 aromatic carbocycles. The highest BCUT2D eigenvalue weighted by Crippen LogP contribution is 2.53. The largest absolute Gasteiger partial charge is 0.455 e. The van der Waals surface area contributed by atoms with Gasteiger partial charge in [-0.25, -0.2) is 4.57 Å². The minimum atomic E-state index is -0.455. The van der Waals surface area contributed by atoms with Gasteiger partial charge in [0.2, 0.25) is 5.69 Å². The van der Waals surface area contributed by atoms with E-state index in [0.717, 1.165) is 35.1 Å². The molecule has 1 aromatic heterocycles. The van der Waals surface area contributed by atoms with E-state index in [-0.39, 0.29) is 10.8 Å². The van der Waals surface area contributed by atoms with Gasteiger partial charge in [-0.3, -0.25) is 0 Å². The number of pyridine rings is 1. The fourth-order valence-electron chi connectivity index (χ4n) is 7.11. The lowest BCUT2D eigenvalue weighted by molar-refractivity contribution is -0.659. The van der Waals surface area contributed by atoms with Crippen LogP contribution >= 0.6 is 0 Å². The van der Waals surface area contributed by atoms with Gasteiger partial charge in [-0.05, 0) is 95.2 Å². The molecule has 0 bridgehead atoms. The molecule has 1 aliphatic rings. The Morgan fingerprint density at radius 1 is 0.791 bits per heavy atom. The summed E-state index contributed by atoms with van der Waals surface area (Å²) in [6.07, 6.45) is 4.84. The minimum Gasteiger partial charge on any atom is -0.455 e. The van der Waals surface area contributed by atoms with Gasteiger partial charge in [0, 0.05) is 17.0 Å². The molecule has 3 heteroatoms. The molecule has 5 aromatic rings. The van der Waals surface area contributed by atoms with E-state index in [0.29, 0.717) is 6.42 Å². The fraction of sp³-hybridized carbons (Fsp3) is 0.400. The van der Waals surface area contributed by atoms with Gasteiger partial charge in [0.25, 0.3) is 0 Å². The van der Waals surface area contributed by atoms with E-state index in [1.165, 1.54) is 55.1 Å². The summed E-state index contributed by atoms with van der Waals surface area (Å²) in [4.78, 5) is 0. The van der Waals surface area contributed by atoms with Crippen molar-refractivity contribution in [2.24, 2.45) is 23.3 Å². The first-order valence-corrected chi connectivity index (χ1v) is 15.6. The van der Waals surface area contributed by atoms with Crippen LogP contribution in [0.3, 0.4) is 0 Å². The van der Waals surface area contributed by atoms with Gasteiger partial charge >= 0.3 is 0 Å². The molecule has 0 N–H and O–H groups in total. The quantitative estimate of drug-likeness (QED) is 0.156. The van der Waals surface area contributed by atoms with Crippen molar-refractivity contribution in [2.45, 2.75) is 81.6 Å². The Morgan fingerprint density at radius 3 is 2.19 bits per heavy atom. The van der Waals surface area contributed by atoms with Gasteiger partial charge in [-0.2, -0.15) is 5.26 Å². The summed E-state index contributed by atoms with van der Waals surface area (Å²) in [6, 6.07) is 20.5. The summed E-state index contributed by atoms with van der Waals surface area (Å²) in [5.41, 5.74) is 7.40. The third-order valence-electron chi connectivity index (χ3n) is 8.82. The van der Waals surface area contributed by atoms with E-state index in [1.54, 1.807) is 0 Å². The predicted octanol–water partition coefficient (Wildman–Crippen LogP) is 10.3. The van der Waals surface area contributed by atoms with Crippen molar-refractivity contribution in [3.05, 3.63) is 77.0 Å². The summed E-state index contributed by atoms with van der Waals surface area (Å²) in [5, 5.41) is 17.2. The number of nitriles is 1. The normalized spacial score (nSPS) is 13.3. The minimum absolute atomic E-state index is 0.0870. The van der Waals surface area contributed by atoms with E-state index in [4.69, 9.17) is 4.74 Å². The lowest BCUT2D eigenvalue weighted by atomic mass is 9.80. The van der Waals surface area contributed by atoms with Crippen LogP contribution in [0.25, 0.3) is 43.6 Å². The van der Waals surface area contributed by atoms with Crippen molar-refractivity contribution in [2.75, 3.05) is 0 Å². The van der Waals surface area contributed by atoms with Gasteiger partial charge in [0.15, 0.2) is 6.20 Å². The van der Waals surface area contributed by atoms with Crippen molar-refractivity contribution >= 4 is 32.3 Å². The highest BCUT2D eigenvalue weighted by Gasteiger charge is 2.35. The number of hydrogen-bond acceptors (Lipinski definition) is 2. The predicted molar refractivity (Wildman–Crippen MR) is 180 cm³/mol. The van der Waals surface area contributed by atoms with Crippen molar-refractivity contribution in [3.8, 4) is 28.8 Å². The molecule has 0 radical (unpaired) electrons. The van der Waals surface area contributed by atoms with E-state index in [2.05, 4.69) is 121 Å². The second-order valence-electron chi connectivity index (χ2n) is 15.9. The summed E-state index contributed by atoms with van der Waals surface area (Å²) in [7, 11) is 2.16. The van der Waals surface area contributed by atoms with Gasteiger partial charge < -0.3 is 4.74 Å². The third kappa shape index (κ3) is 5.16. The Bertz CT molecular complexity index is 1990. The molecule has 0 saturated heterocycles. The Hall–Kier alpha value is -3.90. The molecule has 43 heavy (non-hydrogen) atoms. The average Bonchev–Trinajstić information content (AvgIpc) is 2.90. The average molecular weight is 570 g/mol. The molecule has 0 saturated carbocycles. The third-order valence-corrected chi connectivity index (χ3v) is 8.82. The maximum absolute atomic E-state index is 9.85. The number of fused-ring (bicyclic) bond motifs is 5. The molecule has 3 nitrogen and oxygen atoms in total. The molecular weight excluding hydrogens is 524 g/mol. The highest BCUT2D eigenvalue weighted by atomic mass is 16.5. The molecule has 0 unspecified atom stereocenters. The van der Waals surface area contributed by atoms with Gasteiger partial charge in [-0.1, -0.05) is 77.9 Å². The number of hydrogen-bond donors (Lipinski definition) is 0. The highest BCUT2D eigenvalue weighted by molar-refractivity contribution is 6.17. The van der Waals surface area contributed by atoms with Gasteiger partial charge in [-0.15, -0.1) is 0 Å². The van der Waals surface area contributed by atoms with Crippen LogP contribution in [0.2, 0.25) is 0 Å². The molecule has 0 atom stereocenters. The zero-order valence-corrected chi connectivity index (χ0v) is 27.6. The molecule has 0 aliphatic carbocycles. The lowest BCUT2D eigenvalue weighted by Crippen LogP contribution is -2.32. The van der Waals surface area contributed by atoms with Crippen LogP contribution in [0.1, 0.15) is 77.6 Å². The number of benzene rings is 4. The Morgan fingerprint density at radius 2 is 1.51 bits per heavy atom. The Balaban J connectivity index is 1.73. The second-order valence-corrected chi connectivity index (χ2v) is 15.9. The van der Waals surface area contributed by atoms with E-state index >= 15 is 0 Å². The summed E-state index contributed by atoms with van der Waals surface area (Å²) >= 11 is 0. The standard InChI is InChI=1S/C40H45N2O/c1-24-30-18-25(20-38(2,3)4)14-15-28(30)31(22-39(5,6)7)37-33(24)36-35-29(16-17-42(36)10)34-26(19-32(35)43-37)12-11-13-27(34)21-40(8,9)23-41/h11-19H,20-22H2,1-10H3/q+1. The second kappa shape index (κ2) is 9.81. The van der Waals surface area contributed by atoms with Crippen LogP contribution < -0.4 is 9.30 Å². The maximum atomic E-state index is 9.85. The maximum Gasteiger partial charge on any atom is 0.228 e. The van der Waals surface area contributed by atoms with Crippen LogP contribution in [0.15, 0.2) is 54.7 Å². The summed E-state index contributed by atoms with van der Waals surface area (Å²) in [5.74, 6) is 1.91. The smallest absolute Gasteiger partial charge is 0.228 e. The number of nitrogens with zero attached hydrogens (tertiary/aromatic N) is 2. The van der Waals surface area contributed by atoms with Gasteiger partial charge in [0.05, 0.1) is 22.4 Å². The topological polar surface area (TPSA) is 36.9 Å². The fourth-order valence-corrected chi connectivity index (χ4v) is 7.11. The number of aryl methyl sites for hydroxylation is 2. The van der Waals surface area contributed by atoms with E-state index in [1.807, 2.05) is 13.8 Å². The Labute approximate surface area is 257 Å². The summed E-state index contributed by atoms with van der Waals surface area (Å²) in [6.45, 7) is 20.2. The molecule has 2 heterocycles. The first kappa shape index (κ1) is 29.2. The molecule has 0 fully saturated rings. The van der Waals surface area contributed by atoms with Gasteiger partial charge in [0.1, 0.15) is 18.5 Å². The van der Waals surface area contributed by atoms with Crippen molar-refractivity contribution in [3.63, 3.8) is 0 Å². The number of rotatable bonds is 4. The first-order chi connectivity index (χ1) is 20.1. The summed E-state index contributed by atoms with van der Waals surface area (Å²) < 4.78 is 9.36. The first-order valence-electron chi connectivity index (χ1n) is 15.6. The van der Waals surface area contributed by atoms with Crippen LogP contribution in [-0.4, -0.2) is 0 Å². The van der Waals surface area contributed by atoms with E-state index in [9.17, 15) is 5.26 Å². The molecule has 6 rings (SSSR count). The van der Waals surface area contributed by atoms with Crippen molar-refractivity contribution in [1.82, 2.24) is 0 Å². The van der Waals surface area contributed by atoms with Crippen LogP contribution in [-0.2, 0) is 26.3 Å². The Kier molecular flexibility index (Phi) is 6.66. The monoisotopic (exact) mass is 569 g/mol. The molecule has 0 spiro atoms. The SMILES string of the molecule is Cc1c2c(c(CC(C)(C)C)c3ccc(CC(C)(C)C)cc13)Oc1cc3cccc(CC(C)(C)C#N)c3c3cc[n+](C)c-2c13. The van der Waals surface area contributed by atoms with Crippen molar-refractivity contribution < 1.29 is 9.30 Å². The van der Waals surface area contributed by atoms with Crippen LogP contribution in [0.5, 0.6) is 11.5 Å². The number of ether oxygens (including phenoxy) is 1.